The molecule has 4 unspecified atom stereocenters. The Kier molecular flexibility index (Phi) is 71.5. The molecule has 0 aromatic heterocycles. The van der Waals surface area contributed by atoms with Gasteiger partial charge in [-0.25, -0.2) is 9.13 Å². The van der Waals surface area contributed by atoms with Gasteiger partial charge in [0, 0.05) is 25.7 Å². The second-order valence-corrected chi connectivity index (χ2v) is 34.6. The minimum Gasteiger partial charge on any atom is -0.462 e. The number of hydrogen-bond donors (Lipinski definition) is 3. The van der Waals surface area contributed by atoms with Crippen molar-refractivity contribution < 1.29 is 80.2 Å². The van der Waals surface area contributed by atoms with E-state index in [0.717, 1.165) is 120 Å². The number of aliphatic hydroxyl groups excluding tert-OH is 1. The first kappa shape index (κ1) is 101. The molecule has 7 atom stereocenters. The molecule has 0 spiro atoms. The summed E-state index contributed by atoms with van der Waals surface area (Å²) < 4.78 is 68.8. The highest BCUT2D eigenvalue weighted by molar-refractivity contribution is 7.47. The normalized spacial score (nSPS) is 14.5. The third-order valence-corrected chi connectivity index (χ3v) is 22.2. The number of esters is 4. The molecular formula is C84H164O17P2. The second kappa shape index (κ2) is 72.9. The molecule has 0 fully saturated rings. The third kappa shape index (κ3) is 75.3. The number of hydrogen-bond acceptors (Lipinski definition) is 15. The maximum Gasteiger partial charge on any atom is 0.472 e. The van der Waals surface area contributed by atoms with Crippen LogP contribution in [0.5, 0.6) is 0 Å². The van der Waals surface area contributed by atoms with Gasteiger partial charge in [-0.15, -0.1) is 0 Å². The van der Waals surface area contributed by atoms with E-state index in [9.17, 15) is 43.2 Å². The molecule has 17 nitrogen and oxygen atoms in total. The van der Waals surface area contributed by atoms with E-state index < -0.39 is 97.5 Å². The van der Waals surface area contributed by atoms with Crippen molar-refractivity contribution >= 4 is 39.5 Å². The largest absolute Gasteiger partial charge is 0.472 e. The molecule has 0 heterocycles. The highest BCUT2D eigenvalue weighted by atomic mass is 31.2. The van der Waals surface area contributed by atoms with Crippen LogP contribution in [0.4, 0.5) is 0 Å². The molecule has 0 aromatic rings. The van der Waals surface area contributed by atoms with Gasteiger partial charge in [0.05, 0.1) is 26.4 Å². The van der Waals surface area contributed by atoms with Gasteiger partial charge in [-0.3, -0.25) is 37.3 Å². The van der Waals surface area contributed by atoms with Crippen molar-refractivity contribution in [3.63, 3.8) is 0 Å². The Morgan fingerprint density at radius 2 is 0.466 bits per heavy atom. The fraction of sp³-hybridized carbons (Fsp3) is 0.952. The molecule has 0 aliphatic carbocycles. The van der Waals surface area contributed by atoms with Crippen molar-refractivity contribution in [1.82, 2.24) is 0 Å². The zero-order chi connectivity index (χ0) is 76.0. The first-order valence-electron chi connectivity index (χ1n) is 43.3. The zero-order valence-corrected chi connectivity index (χ0v) is 69.7. The van der Waals surface area contributed by atoms with Crippen LogP contribution >= 0.6 is 15.6 Å². The van der Waals surface area contributed by atoms with Crippen LogP contribution in [0.3, 0.4) is 0 Å². The summed E-state index contributed by atoms with van der Waals surface area (Å²) in [6, 6.07) is 0. The first-order valence-corrected chi connectivity index (χ1v) is 46.3. The number of carbonyl (C=O) groups excluding carboxylic acids is 4. The fourth-order valence-corrected chi connectivity index (χ4v) is 14.5. The molecule has 3 N–H and O–H groups in total. The lowest BCUT2D eigenvalue weighted by Gasteiger charge is -2.21. The minimum atomic E-state index is -4.96. The molecule has 0 aliphatic rings. The highest BCUT2D eigenvalue weighted by Gasteiger charge is 2.30. The summed E-state index contributed by atoms with van der Waals surface area (Å²) in [5.74, 6) is 1.04. The number of carbonyl (C=O) groups is 4. The smallest absolute Gasteiger partial charge is 0.462 e. The average molecular weight is 1510 g/mol. The number of phosphoric ester groups is 2. The van der Waals surface area contributed by atoms with E-state index in [2.05, 4.69) is 55.4 Å². The molecule has 0 aliphatic heterocycles. The Morgan fingerprint density at radius 3 is 0.689 bits per heavy atom. The van der Waals surface area contributed by atoms with E-state index in [1.165, 1.54) is 231 Å². The van der Waals surface area contributed by atoms with Gasteiger partial charge in [0.25, 0.3) is 0 Å². The fourth-order valence-electron chi connectivity index (χ4n) is 12.9. The van der Waals surface area contributed by atoms with Crippen molar-refractivity contribution in [3.05, 3.63) is 0 Å². The van der Waals surface area contributed by atoms with Crippen LogP contribution < -0.4 is 0 Å². The average Bonchev–Trinajstić information content (AvgIpc) is 0.909. The van der Waals surface area contributed by atoms with E-state index in [0.29, 0.717) is 25.7 Å². The van der Waals surface area contributed by atoms with Crippen LogP contribution in [0.2, 0.25) is 0 Å². The Labute approximate surface area is 632 Å². The van der Waals surface area contributed by atoms with Crippen LogP contribution in [-0.2, 0) is 65.4 Å². The van der Waals surface area contributed by atoms with Crippen LogP contribution in [0.1, 0.15) is 434 Å². The Hall–Kier alpha value is -1.94. The second-order valence-electron chi connectivity index (χ2n) is 31.7. The SMILES string of the molecule is CCC(C)CCCCCCCCCCCCCCCCCCCCC(=O)O[C@H](COC(=O)CCCCCCCCCCCC(C)C)COP(=O)(O)OC[C@@H](O)COP(=O)(O)OC[C@@H](COC(=O)CCCCCCCCC(C)CC)OC(=O)CCCCCCCCCCCCCCCCCCC(C)C. The van der Waals surface area contributed by atoms with E-state index in [1.54, 1.807) is 0 Å². The Balaban J connectivity index is 5.19. The van der Waals surface area contributed by atoms with Gasteiger partial charge in [-0.2, -0.15) is 0 Å². The highest BCUT2D eigenvalue weighted by Crippen LogP contribution is 2.45. The van der Waals surface area contributed by atoms with Gasteiger partial charge in [0.2, 0.25) is 0 Å². The predicted octanol–water partition coefficient (Wildman–Crippen LogP) is 25.2. The summed E-state index contributed by atoms with van der Waals surface area (Å²) in [4.78, 5) is 73.1. The topological polar surface area (TPSA) is 237 Å². The van der Waals surface area contributed by atoms with Gasteiger partial charge in [0.15, 0.2) is 12.2 Å². The zero-order valence-electron chi connectivity index (χ0n) is 68.0. The quantitative estimate of drug-likeness (QED) is 0.0222. The number of aliphatic hydroxyl groups is 1. The van der Waals surface area contributed by atoms with Gasteiger partial charge < -0.3 is 33.8 Å². The summed E-state index contributed by atoms with van der Waals surface area (Å²) in [5.41, 5.74) is 0. The maximum absolute atomic E-state index is 13.1. The molecule has 0 saturated heterocycles. The summed E-state index contributed by atoms with van der Waals surface area (Å²) in [6.45, 7) is 14.3. The van der Waals surface area contributed by atoms with Crippen molar-refractivity contribution in [3.8, 4) is 0 Å². The van der Waals surface area contributed by atoms with Crippen molar-refractivity contribution in [2.45, 2.75) is 453 Å². The van der Waals surface area contributed by atoms with Gasteiger partial charge in [-0.1, -0.05) is 383 Å². The standard InChI is InChI=1S/C84H164O17P2/c1-9-76(7)62-54-46-38-32-26-22-18-13-11-12-14-19-23-27-33-40-50-58-66-83(88)100-79(70-94-81(86)64-56-48-39-35-29-31-37-45-53-61-75(5)6)72-98-102(90,91)96-68-78(85)69-97-103(92,93)99-73-80(71-95-82(87)65-57-49-43-42-47-55-63-77(8)10-2)101-84(89)67-59-51-41-34-28-24-20-16-15-17-21-25-30-36-44-52-60-74(3)4/h74-80,85H,9-73H2,1-8H3,(H,90,91)(H,92,93)/t76?,77?,78-,79-,80-/m1/s1. The first-order chi connectivity index (χ1) is 49.7. The molecule has 612 valence electrons. The monoisotopic (exact) mass is 1510 g/mol. The van der Waals surface area contributed by atoms with Crippen molar-refractivity contribution in [2.24, 2.45) is 23.7 Å². The van der Waals surface area contributed by atoms with Gasteiger partial charge in [-0.05, 0) is 49.4 Å². The van der Waals surface area contributed by atoms with Crippen LogP contribution in [-0.4, -0.2) is 96.7 Å². The van der Waals surface area contributed by atoms with E-state index >= 15 is 0 Å². The number of rotatable bonds is 81. The molecule has 0 aromatic carbocycles. The third-order valence-electron chi connectivity index (χ3n) is 20.3. The lowest BCUT2D eigenvalue weighted by molar-refractivity contribution is -0.161. The Morgan fingerprint density at radius 1 is 0.272 bits per heavy atom. The molecule has 0 radical (unpaired) electrons. The van der Waals surface area contributed by atoms with Crippen LogP contribution in [0.25, 0.3) is 0 Å². The summed E-state index contributed by atoms with van der Waals surface area (Å²) in [6.07, 6.45) is 61.2. The summed E-state index contributed by atoms with van der Waals surface area (Å²) >= 11 is 0. The van der Waals surface area contributed by atoms with Gasteiger partial charge >= 0.3 is 39.5 Å². The molecule has 0 saturated carbocycles. The lowest BCUT2D eigenvalue weighted by atomic mass is 9.99. The van der Waals surface area contributed by atoms with Crippen LogP contribution in [0.15, 0.2) is 0 Å². The molecule has 0 bridgehead atoms. The molecule has 0 rings (SSSR count). The number of ether oxygens (including phenoxy) is 4. The van der Waals surface area contributed by atoms with Crippen LogP contribution in [0, 0.1) is 23.7 Å². The minimum absolute atomic E-state index is 0.107. The van der Waals surface area contributed by atoms with E-state index in [1.807, 2.05) is 0 Å². The van der Waals surface area contributed by atoms with E-state index in [-0.39, 0.29) is 25.7 Å². The molecule has 19 heteroatoms. The Bertz CT molecular complexity index is 2010. The summed E-state index contributed by atoms with van der Waals surface area (Å²) in [7, 11) is -9.93. The van der Waals surface area contributed by atoms with Crippen molar-refractivity contribution in [2.75, 3.05) is 39.6 Å². The van der Waals surface area contributed by atoms with Gasteiger partial charge in [0.1, 0.15) is 19.3 Å². The number of phosphoric acid groups is 2. The van der Waals surface area contributed by atoms with Crippen molar-refractivity contribution in [1.29, 1.82) is 0 Å². The number of unbranched alkanes of at least 4 members (excludes halogenated alkanes) is 45. The molecule has 103 heavy (non-hydrogen) atoms. The lowest BCUT2D eigenvalue weighted by Crippen LogP contribution is -2.30. The predicted molar refractivity (Wildman–Crippen MR) is 423 cm³/mol. The molecule has 0 amide bonds. The molecular weight excluding hydrogens is 1340 g/mol. The summed E-state index contributed by atoms with van der Waals surface area (Å²) in [5, 5.41) is 10.7. The van der Waals surface area contributed by atoms with E-state index in [4.69, 9.17) is 37.0 Å². The maximum atomic E-state index is 13.1.